The second-order valence-corrected chi connectivity index (χ2v) is 8.45. The summed E-state index contributed by atoms with van der Waals surface area (Å²) in [5.41, 5.74) is 6.29. The van der Waals surface area contributed by atoms with Gasteiger partial charge in [-0.05, 0) is 55.3 Å². The second kappa shape index (κ2) is 8.50. The van der Waals surface area contributed by atoms with Crippen LogP contribution in [0, 0.1) is 13.8 Å². The fraction of sp³-hybridized carbons (Fsp3) is 0.231. The summed E-state index contributed by atoms with van der Waals surface area (Å²) in [4.78, 5) is 36.5. The Hall–Kier alpha value is -4.00. The molecule has 7 nitrogen and oxygen atoms in total. The fourth-order valence-corrected chi connectivity index (χ4v) is 4.23. The Morgan fingerprint density at radius 1 is 1.06 bits per heavy atom. The van der Waals surface area contributed by atoms with Crippen LogP contribution < -0.4 is 5.32 Å². The predicted octanol–water partition coefficient (Wildman–Crippen LogP) is 3.63. The summed E-state index contributed by atoms with van der Waals surface area (Å²) in [6, 6.07) is 17.3. The van der Waals surface area contributed by atoms with Gasteiger partial charge in [0, 0.05) is 31.4 Å². The first-order valence-corrected chi connectivity index (χ1v) is 11.0. The molecule has 0 radical (unpaired) electrons. The highest BCUT2D eigenvalue weighted by molar-refractivity contribution is 6.00. The van der Waals surface area contributed by atoms with Crippen LogP contribution in [0.15, 0.2) is 60.8 Å². The maximum Gasteiger partial charge on any atom is 0.290 e. The topological polar surface area (TPSA) is 80.1 Å². The molecule has 33 heavy (non-hydrogen) atoms. The number of nitrogens with one attached hydrogen (secondary N) is 1. The number of amides is 2. The monoisotopic (exact) mass is 439 g/mol. The van der Waals surface area contributed by atoms with E-state index in [1.54, 1.807) is 23.2 Å². The minimum absolute atomic E-state index is 0.121. The number of nitrogens with zero attached hydrogens (tertiary/aromatic N) is 4. The van der Waals surface area contributed by atoms with E-state index in [0.29, 0.717) is 43.1 Å². The van der Waals surface area contributed by atoms with Crippen molar-refractivity contribution in [2.45, 2.75) is 33.5 Å². The van der Waals surface area contributed by atoms with E-state index in [9.17, 15) is 9.59 Å². The van der Waals surface area contributed by atoms with Crippen molar-refractivity contribution in [3.05, 3.63) is 94.6 Å². The van der Waals surface area contributed by atoms with Gasteiger partial charge in [-0.1, -0.05) is 29.8 Å². The normalized spacial score (nSPS) is 13.3. The Bertz CT molecular complexity index is 1360. The van der Waals surface area contributed by atoms with Gasteiger partial charge in [-0.2, -0.15) is 0 Å². The van der Waals surface area contributed by atoms with Crippen molar-refractivity contribution in [3.63, 3.8) is 0 Å². The second-order valence-electron chi connectivity index (χ2n) is 8.45. The van der Waals surface area contributed by atoms with E-state index >= 15 is 0 Å². The van der Waals surface area contributed by atoms with Gasteiger partial charge >= 0.3 is 0 Å². The van der Waals surface area contributed by atoms with Gasteiger partial charge in [0.25, 0.3) is 11.8 Å². The van der Waals surface area contributed by atoms with Gasteiger partial charge in [-0.25, -0.2) is 4.98 Å². The van der Waals surface area contributed by atoms with Gasteiger partial charge in [-0.15, -0.1) is 0 Å². The lowest BCUT2D eigenvalue weighted by molar-refractivity contribution is 0.0682. The molecule has 0 atom stereocenters. The van der Waals surface area contributed by atoms with Crippen molar-refractivity contribution < 1.29 is 9.59 Å². The molecule has 2 aromatic carbocycles. The zero-order valence-electron chi connectivity index (χ0n) is 18.7. The highest BCUT2D eigenvalue weighted by Crippen LogP contribution is 2.23. The molecule has 0 spiro atoms. The summed E-state index contributed by atoms with van der Waals surface area (Å²) in [5.74, 6) is 0.121. The number of carbonyl (C=O) groups is 2. The van der Waals surface area contributed by atoms with Crippen molar-refractivity contribution >= 4 is 22.8 Å². The first-order valence-electron chi connectivity index (χ1n) is 11.0. The van der Waals surface area contributed by atoms with Gasteiger partial charge in [0.15, 0.2) is 5.82 Å². The number of benzene rings is 2. The summed E-state index contributed by atoms with van der Waals surface area (Å²) >= 11 is 0. The predicted molar refractivity (Wildman–Crippen MR) is 126 cm³/mol. The molecule has 1 N–H and O–H groups in total. The van der Waals surface area contributed by atoms with E-state index in [0.717, 1.165) is 27.9 Å². The summed E-state index contributed by atoms with van der Waals surface area (Å²) in [6.45, 7) is 6.24. The van der Waals surface area contributed by atoms with E-state index < -0.39 is 0 Å². The van der Waals surface area contributed by atoms with E-state index in [2.05, 4.69) is 33.5 Å². The molecule has 0 aliphatic carbocycles. The lowest BCUT2D eigenvalue weighted by atomic mass is 10.1. The average molecular weight is 440 g/mol. The van der Waals surface area contributed by atoms with Crippen molar-refractivity contribution in [1.82, 2.24) is 24.8 Å². The van der Waals surface area contributed by atoms with Crippen LogP contribution in [0.4, 0.5) is 0 Å². The zero-order chi connectivity index (χ0) is 22.9. The van der Waals surface area contributed by atoms with Gasteiger partial charge < -0.3 is 14.8 Å². The quantitative estimate of drug-likeness (QED) is 0.515. The van der Waals surface area contributed by atoms with Crippen LogP contribution in [0.3, 0.4) is 0 Å². The number of pyridine rings is 1. The molecule has 166 valence electrons. The molecule has 0 saturated heterocycles. The van der Waals surface area contributed by atoms with Gasteiger partial charge in [0.1, 0.15) is 0 Å². The summed E-state index contributed by atoms with van der Waals surface area (Å²) < 4.78 is 1.93. The van der Waals surface area contributed by atoms with Gasteiger partial charge in [0.2, 0.25) is 0 Å². The largest absolute Gasteiger partial charge is 0.348 e. The maximum atomic E-state index is 13.1. The lowest BCUT2D eigenvalue weighted by Crippen LogP contribution is -2.40. The molecule has 0 bridgehead atoms. The Balaban J connectivity index is 1.35. The summed E-state index contributed by atoms with van der Waals surface area (Å²) in [6.07, 6.45) is 1.73. The van der Waals surface area contributed by atoms with Crippen LogP contribution in [0.1, 0.15) is 43.4 Å². The number of rotatable bonds is 5. The molecule has 4 aromatic rings. The number of aryl methyl sites for hydroxylation is 2. The molecule has 3 heterocycles. The third-order valence-electron chi connectivity index (χ3n) is 6.11. The van der Waals surface area contributed by atoms with Gasteiger partial charge in [-0.3, -0.25) is 14.6 Å². The highest BCUT2D eigenvalue weighted by Gasteiger charge is 2.28. The van der Waals surface area contributed by atoms with Crippen LogP contribution in [0.5, 0.6) is 0 Å². The van der Waals surface area contributed by atoms with E-state index in [4.69, 9.17) is 0 Å². The number of imidazole rings is 1. The van der Waals surface area contributed by atoms with Crippen LogP contribution in [-0.2, 0) is 19.6 Å². The molecular formula is C26H25N5O2. The van der Waals surface area contributed by atoms with Crippen LogP contribution in [0.2, 0.25) is 0 Å². The standard InChI is InChI=1S/C26H25N5O2/c1-17-6-7-18(2)20(13-17)15-28-25(32)19-8-9-23-22(14-19)29-24-26(33)30(11-12-31(23)24)16-21-5-3-4-10-27-21/h3-10,13-14H,11-12,15-16H2,1-2H3,(H,28,32). The minimum Gasteiger partial charge on any atom is -0.348 e. The lowest BCUT2D eigenvalue weighted by Gasteiger charge is -2.27. The number of carbonyl (C=O) groups excluding carboxylic acids is 2. The third-order valence-corrected chi connectivity index (χ3v) is 6.11. The maximum absolute atomic E-state index is 13.1. The molecule has 1 aliphatic rings. The Morgan fingerprint density at radius 2 is 1.94 bits per heavy atom. The van der Waals surface area contributed by atoms with E-state index in [1.807, 2.05) is 42.7 Å². The minimum atomic E-state index is -0.160. The third kappa shape index (κ3) is 4.09. The summed E-state index contributed by atoms with van der Waals surface area (Å²) in [7, 11) is 0. The molecule has 2 amide bonds. The number of hydrogen-bond acceptors (Lipinski definition) is 4. The van der Waals surface area contributed by atoms with Gasteiger partial charge in [0.05, 0.1) is 23.3 Å². The molecule has 0 unspecified atom stereocenters. The first-order chi connectivity index (χ1) is 16.0. The fourth-order valence-electron chi connectivity index (χ4n) is 4.23. The zero-order valence-corrected chi connectivity index (χ0v) is 18.7. The molecule has 2 aromatic heterocycles. The van der Waals surface area contributed by atoms with E-state index in [-0.39, 0.29) is 11.8 Å². The van der Waals surface area contributed by atoms with Crippen LogP contribution in [-0.4, -0.2) is 37.8 Å². The molecular weight excluding hydrogens is 414 g/mol. The van der Waals surface area contributed by atoms with Crippen molar-refractivity contribution in [1.29, 1.82) is 0 Å². The average Bonchev–Trinajstić information content (AvgIpc) is 3.20. The molecule has 0 saturated carbocycles. The van der Waals surface area contributed by atoms with Crippen molar-refractivity contribution in [3.8, 4) is 0 Å². The van der Waals surface area contributed by atoms with Crippen LogP contribution >= 0.6 is 0 Å². The Labute approximate surface area is 192 Å². The number of aromatic nitrogens is 3. The molecule has 0 fully saturated rings. The molecule has 7 heteroatoms. The van der Waals surface area contributed by atoms with Crippen LogP contribution in [0.25, 0.3) is 11.0 Å². The summed E-state index contributed by atoms with van der Waals surface area (Å²) in [5, 5.41) is 3.00. The molecule has 5 rings (SSSR count). The smallest absolute Gasteiger partial charge is 0.290 e. The van der Waals surface area contributed by atoms with E-state index in [1.165, 1.54) is 0 Å². The SMILES string of the molecule is Cc1ccc(C)c(CNC(=O)c2ccc3c(c2)nc2n3CCN(Cc3ccccn3)C2=O)c1. The Kier molecular flexibility index (Phi) is 5.38. The molecule has 1 aliphatic heterocycles. The highest BCUT2D eigenvalue weighted by atomic mass is 16.2. The number of fused-ring (bicyclic) bond motifs is 3. The Morgan fingerprint density at radius 3 is 2.76 bits per heavy atom. The first kappa shape index (κ1) is 20.9. The van der Waals surface area contributed by atoms with Crippen molar-refractivity contribution in [2.24, 2.45) is 0 Å². The number of hydrogen-bond donors (Lipinski definition) is 1. The van der Waals surface area contributed by atoms with Crippen molar-refractivity contribution in [2.75, 3.05) is 6.54 Å².